The summed E-state index contributed by atoms with van der Waals surface area (Å²) in [6, 6.07) is 8.40. The highest BCUT2D eigenvalue weighted by Gasteiger charge is 2.49. The van der Waals surface area contributed by atoms with Crippen molar-refractivity contribution in [1.82, 2.24) is 19.7 Å². The first-order valence-electron chi connectivity index (χ1n) is 10.7. The van der Waals surface area contributed by atoms with Crippen molar-refractivity contribution < 1.29 is 9.18 Å². The van der Waals surface area contributed by atoms with Crippen molar-refractivity contribution in [2.75, 3.05) is 11.4 Å². The van der Waals surface area contributed by atoms with Crippen molar-refractivity contribution >= 4 is 28.9 Å². The molecule has 1 amide bonds. The molecule has 1 aliphatic carbocycles. The lowest BCUT2D eigenvalue weighted by molar-refractivity contribution is -0.120. The minimum absolute atomic E-state index is 0.0136. The Labute approximate surface area is 196 Å². The molecule has 0 saturated carbocycles. The van der Waals surface area contributed by atoms with Crippen LogP contribution in [0.25, 0.3) is 17.0 Å². The lowest BCUT2D eigenvalue weighted by Crippen LogP contribution is -2.27. The van der Waals surface area contributed by atoms with Crippen LogP contribution in [0.5, 0.6) is 0 Å². The van der Waals surface area contributed by atoms with Gasteiger partial charge in [0.15, 0.2) is 5.82 Å². The minimum atomic E-state index is -0.377. The fourth-order valence-corrected chi connectivity index (χ4v) is 4.84. The summed E-state index contributed by atoms with van der Waals surface area (Å²) in [6.07, 6.45) is 7.64. The van der Waals surface area contributed by atoms with E-state index >= 15 is 0 Å². The zero-order valence-corrected chi connectivity index (χ0v) is 19.3. The van der Waals surface area contributed by atoms with Gasteiger partial charge in [0.25, 0.3) is 0 Å². The molecule has 0 bridgehead atoms. The van der Waals surface area contributed by atoms with Gasteiger partial charge in [-0.25, -0.2) is 9.37 Å². The average molecular weight is 464 g/mol. The van der Waals surface area contributed by atoms with Crippen molar-refractivity contribution in [2.24, 2.45) is 18.4 Å². The van der Waals surface area contributed by atoms with E-state index < -0.39 is 0 Å². The highest BCUT2D eigenvalue weighted by atomic mass is 35.5. The van der Waals surface area contributed by atoms with Gasteiger partial charge in [-0.3, -0.25) is 9.69 Å². The first kappa shape index (κ1) is 21.5. The molecule has 168 valence electrons. The number of aromatic nitrogens is 4. The Bertz CT molecular complexity index is 1330. The number of halogens is 2. The van der Waals surface area contributed by atoms with Crippen LogP contribution in [-0.2, 0) is 17.7 Å². The molecule has 0 spiro atoms. The molecule has 1 fully saturated rings. The lowest BCUT2D eigenvalue weighted by Gasteiger charge is -2.28. The lowest BCUT2D eigenvalue weighted by atomic mass is 9.74. The van der Waals surface area contributed by atoms with E-state index in [1.807, 2.05) is 38.3 Å². The maximum atomic E-state index is 14.1. The number of allylic oxidation sites excluding steroid dienone is 2. The minimum Gasteiger partial charge on any atom is -0.317 e. The van der Waals surface area contributed by atoms with Crippen LogP contribution >= 0.6 is 11.6 Å². The number of pyridine rings is 1. The van der Waals surface area contributed by atoms with E-state index in [0.29, 0.717) is 29.6 Å². The van der Waals surface area contributed by atoms with Gasteiger partial charge in [-0.1, -0.05) is 31.2 Å². The summed E-state index contributed by atoms with van der Waals surface area (Å²) < 4.78 is 15.9. The van der Waals surface area contributed by atoms with E-state index in [0.717, 1.165) is 22.4 Å². The van der Waals surface area contributed by atoms with Crippen molar-refractivity contribution in [3.8, 4) is 11.4 Å². The molecule has 3 heterocycles. The highest BCUT2D eigenvalue weighted by molar-refractivity contribution is 6.17. The van der Waals surface area contributed by atoms with Gasteiger partial charge in [0.05, 0.1) is 5.92 Å². The highest BCUT2D eigenvalue weighted by Crippen LogP contribution is 2.46. The number of aryl methyl sites for hydroxylation is 2. The van der Waals surface area contributed by atoms with E-state index in [2.05, 4.69) is 28.2 Å². The monoisotopic (exact) mass is 463 g/mol. The molecule has 3 aromatic rings. The molecule has 1 aromatic carbocycles. The molecule has 6 nitrogen and oxygen atoms in total. The Morgan fingerprint density at radius 1 is 1.24 bits per heavy atom. The predicted molar refractivity (Wildman–Crippen MR) is 126 cm³/mol. The first-order valence-corrected chi connectivity index (χ1v) is 11.2. The summed E-state index contributed by atoms with van der Waals surface area (Å²) in [5.41, 5.74) is 3.65. The van der Waals surface area contributed by atoms with Crippen LogP contribution in [-0.4, -0.2) is 32.2 Å². The molecule has 2 atom stereocenters. The summed E-state index contributed by atoms with van der Waals surface area (Å²) in [7, 11) is 1.81. The van der Waals surface area contributed by atoms with Crippen LogP contribution < -0.4 is 4.90 Å². The summed E-state index contributed by atoms with van der Waals surface area (Å²) in [4.78, 5) is 19.9. The Hall–Kier alpha value is -3.32. The smallest absolute Gasteiger partial charge is 0.236 e. The van der Waals surface area contributed by atoms with Crippen LogP contribution in [0.3, 0.4) is 0 Å². The molecule has 1 aliphatic heterocycles. The molecule has 2 aliphatic rings. The molecular weight excluding hydrogens is 441 g/mol. The van der Waals surface area contributed by atoms with E-state index in [1.54, 1.807) is 21.9 Å². The number of benzene rings is 1. The van der Waals surface area contributed by atoms with E-state index in [4.69, 9.17) is 11.6 Å². The van der Waals surface area contributed by atoms with Gasteiger partial charge in [0, 0.05) is 36.1 Å². The Kier molecular flexibility index (Phi) is 5.16. The molecule has 33 heavy (non-hydrogen) atoms. The summed E-state index contributed by atoms with van der Waals surface area (Å²) >= 11 is 6.04. The fraction of sp³-hybridized carbons (Fsp3) is 0.280. The fourth-order valence-electron chi connectivity index (χ4n) is 4.69. The quantitative estimate of drug-likeness (QED) is 0.527. The maximum absolute atomic E-state index is 14.1. The zero-order valence-electron chi connectivity index (χ0n) is 18.6. The van der Waals surface area contributed by atoms with Crippen molar-refractivity contribution in [1.29, 1.82) is 0 Å². The molecule has 0 radical (unpaired) electrons. The van der Waals surface area contributed by atoms with E-state index in [1.165, 1.54) is 12.1 Å². The second kappa shape index (κ2) is 7.92. The van der Waals surface area contributed by atoms with Gasteiger partial charge in [-0.2, -0.15) is 0 Å². The topological polar surface area (TPSA) is 63.9 Å². The predicted octanol–water partition coefficient (Wildman–Crippen LogP) is 4.69. The number of carbonyl (C=O) groups is 1. The van der Waals surface area contributed by atoms with Crippen molar-refractivity contribution in [3.05, 3.63) is 77.5 Å². The van der Waals surface area contributed by atoms with E-state index in [9.17, 15) is 9.18 Å². The summed E-state index contributed by atoms with van der Waals surface area (Å²) in [5, 5.41) is 8.09. The van der Waals surface area contributed by atoms with Crippen LogP contribution in [0.2, 0.25) is 0 Å². The number of alkyl halides is 1. The largest absolute Gasteiger partial charge is 0.317 e. The normalized spacial score (nSPS) is 22.0. The third-order valence-corrected chi connectivity index (χ3v) is 6.72. The molecule has 2 unspecified atom stereocenters. The van der Waals surface area contributed by atoms with Crippen molar-refractivity contribution in [2.45, 2.75) is 19.7 Å². The average Bonchev–Trinajstić information content (AvgIpc) is 3.33. The number of rotatable bonds is 4. The Morgan fingerprint density at radius 2 is 2.06 bits per heavy atom. The van der Waals surface area contributed by atoms with Crippen LogP contribution in [0.15, 0.2) is 54.9 Å². The van der Waals surface area contributed by atoms with Gasteiger partial charge >= 0.3 is 0 Å². The third-order valence-electron chi connectivity index (χ3n) is 6.41. The van der Waals surface area contributed by atoms with Gasteiger partial charge in [0.1, 0.15) is 18.0 Å². The second-order valence-electron chi connectivity index (χ2n) is 8.93. The number of anilines is 1. The van der Waals surface area contributed by atoms with Gasteiger partial charge in [-0.05, 0) is 47.9 Å². The number of hydrogen-bond acceptors (Lipinski definition) is 4. The van der Waals surface area contributed by atoms with Gasteiger partial charge in [-0.15, -0.1) is 21.8 Å². The molecule has 0 N–H and O–H groups in total. The third kappa shape index (κ3) is 3.66. The summed E-state index contributed by atoms with van der Waals surface area (Å²) in [5.74, 6) is 0.807. The standard InChI is InChI=1S/C25H23ClFN5O/c1-15-8-16(12-26)9-22(29-15)32-13-25(2)7-6-17(10-21(25)24(32)33)19-5-4-18(27)11-20(19)23-30-28-14-31(23)3/h4-11,14,21H,12-13H2,1-3H3. The summed E-state index contributed by atoms with van der Waals surface area (Å²) in [6.45, 7) is 4.50. The molecule has 8 heteroatoms. The van der Waals surface area contributed by atoms with Gasteiger partial charge in [0.2, 0.25) is 5.91 Å². The molecular formula is C25H23ClFN5O. The maximum Gasteiger partial charge on any atom is 0.236 e. The number of nitrogens with zero attached hydrogens (tertiary/aromatic N) is 5. The van der Waals surface area contributed by atoms with Crippen LogP contribution in [0.1, 0.15) is 23.7 Å². The van der Waals surface area contributed by atoms with Crippen LogP contribution in [0.4, 0.5) is 10.2 Å². The van der Waals surface area contributed by atoms with Crippen LogP contribution in [0, 0.1) is 24.1 Å². The van der Waals surface area contributed by atoms with Crippen molar-refractivity contribution in [3.63, 3.8) is 0 Å². The molecule has 2 aromatic heterocycles. The first-order chi connectivity index (χ1) is 15.8. The molecule has 5 rings (SSSR count). The zero-order chi connectivity index (χ0) is 23.3. The molecule has 1 saturated heterocycles. The van der Waals surface area contributed by atoms with E-state index in [-0.39, 0.29) is 23.1 Å². The number of amides is 1. The van der Waals surface area contributed by atoms with Gasteiger partial charge < -0.3 is 4.57 Å². The number of carbonyl (C=O) groups excluding carboxylic acids is 1. The Morgan fingerprint density at radius 3 is 2.79 bits per heavy atom. The Balaban J connectivity index is 1.55. The number of fused-ring (bicyclic) bond motifs is 1. The second-order valence-corrected chi connectivity index (χ2v) is 9.19. The SMILES string of the molecule is Cc1cc(CCl)cc(N2CC3(C)C=CC(c4ccc(F)cc4-c4nncn4C)=CC3C2=O)n1. The number of hydrogen-bond donors (Lipinski definition) is 0.